The predicted molar refractivity (Wildman–Crippen MR) is 68.7 cm³/mol. The Hall–Kier alpha value is -1.03. The van der Waals surface area contributed by atoms with Gasteiger partial charge < -0.3 is 34.3 Å². The van der Waals surface area contributed by atoms with Crippen molar-refractivity contribution in [3.8, 4) is 5.75 Å². The van der Waals surface area contributed by atoms with Crippen LogP contribution in [-0.4, -0.2) is 57.7 Å². The Kier molecular flexibility index (Phi) is 4.74. The molecular formula is C12H16O7S. The Labute approximate surface area is 120 Å². The second-order valence-electron chi connectivity index (χ2n) is 4.49. The molecule has 5 atom stereocenters. The highest BCUT2D eigenvalue weighted by Crippen LogP contribution is 2.27. The lowest BCUT2D eigenvalue weighted by Gasteiger charge is -2.39. The van der Waals surface area contributed by atoms with Crippen LogP contribution < -0.4 is 4.74 Å². The van der Waals surface area contributed by atoms with Crippen LogP contribution in [0.15, 0.2) is 16.7 Å². The molecule has 4 N–H and O–H groups in total. The topological polar surface area (TPSA) is 113 Å². The van der Waals surface area contributed by atoms with E-state index in [1.807, 2.05) is 0 Å². The number of aryl methyl sites for hydroxylation is 1. The van der Waals surface area contributed by atoms with Gasteiger partial charge in [-0.05, 0) is 13.0 Å². The molecule has 1 fully saturated rings. The molecule has 0 aromatic carbocycles. The highest BCUT2D eigenvalue weighted by atomic mass is 32.1. The maximum atomic E-state index is 9.86. The molecule has 112 valence electrons. The summed E-state index contributed by atoms with van der Waals surface area (Å²) in [5.41, 5.74) is 0. The predicted octanol–water partition coefficient (Wildman–Crippen LogP) is -0.504. The van der Waals surface area contributed by atoms with Crippen molar-refractivity contribution < 1.29 is 34.3 Å². The van der Waals surface area contributed by atoms with Gasteiger partial charge in [0.15, 0.2) is 5.75 Å². The molecule has 2 heterocycles. The van der Waals surface area contributed by atoms with Gasteiger partial charge in [0.1, 0.15) is 30.2 Å². The van der Waals surface area contributed by atoms with Crippen LogP contribution in [0.4, 0.5) is 0 Å². The SMILES string of the molecule is Cc1occc(=S)c1O[C@@H]1O[C@H](CO)[C@@H](O)[C@H](O)[C@H]1O. The minimum atomic E-state index is -1.50. The number of hydrogen-bond donors (Lipinski definition) is 4. The van der Waals surface area contributed by atoms with Crippen LogP contribution >= 0.6 is 12.2 Å². The Bertz CT molecular complexity index is 515. The van der Waals surface area contributed by atoms with Gasteiger partial charge in [-0.3, -0.25) is 0 Å². The van der Waals surface area contributed by atoms with Crippen LogP contribution in [0.25, 0.3) is 0 Å². The monoisotopic (exact) mass is 304 g/mol. The average molecular weight is 304 g/mol. The largest absolute Gasteiger partial charge is 0.466 e. The van der Waals surface area contributed by atoms with Crippen molar-refractivity contribution in [2.45, 2.75) is 37.6 Å². The summed E-state index contributed by atoms with van der Waals surface area (Å²) in [6.07, 6.45) is -5.32. The molecule has 0 saturated carbocycles. The number of aliphatic hydroxyl groups is 4. The summed E-state index contributed by atoms with van der Waals surface area (Å²) in [6, 6.07) is 1.50. The minimum absolute atomic E-state index is 0.201. The zero-order valence-corrected chi connectivity index (χ0v) is 11.5. The number of hydrogen-bond acceptors (Lipinski definition) is 8. The summed E-state index contributed by atoms with van der Waals surface area (Å²) in [7, 11) is 0. The van der Waals surface area contributed by atoms with E-state index in [0.29, 0.717) is 10.3 Å². The number of aliphatic hydroxyl groups excluding tert-OH is 4. The van der Waals surface area contributed by atoms with Crippen molar-refractivity contribution in [3.63, 3.8) is 0 Å². The van der Waals surface area contributed by atoms with E-state index < -0.39 is 37.3 Å². The minimum Gasteiger partial charge on any atom is -0.466 e. The highest BCUT2D eigenvalue weighted by Gasteiger charge is 2.44. The van der Waals surface area contributed by atoms with E-state index in [9.17, 15) is 15.3 Å². The van der Waals surface area contributed by atoms with E-state index >= 15 is 0 Å². The maximum absolute atomic E-state index is 9.86. The summed E-state index contributed by atoms with van der Waals surface area (Å²) in [5, 5.41) is 38.3. The van der Waals surface area contributed by atoms with Crippen LogP contribution in [0.2, 0.25) is 0 Å². The lowest BCUT2D eigenvalue weighted by atomic mass is 9.99. The van der Waals surface area contributed by atoms with Crippen molar-refractivity contribution in [2.24, 2.45) is 0 Å². The Morgan fingerprint density at radius 2 is 1.95 bits per heavy atom. The van der Waals surface area contributed by atoms with Crippen LogP contribution in [0, 0.1) is 11.4 Å². The standard InChI is InChI=1S/C12H16O7S/c1-5-11(7(20)2-3-17-5)19-12-10(16)9(15)8(14)6(4-13)18-12/h2-3,6,8-10,12-16H,4H2,1H3/t6-,8-,9+,10-,12+/m1/s1. The third kappa shape index (κ3) is 2.85. The fraction of sp³-hybridized carbons (Fsp3) is 0.583. The number of ether oxygens (including phenoxy) is 2. The average Bonchev–Trinajstić information content (AvgIpc) is 2.43. The smallest absolute Gasteiger partial charge is 0.229 e. The summed E-state index contributed by atoms with van der Waals surface area (Å²) >= 11 is 5.07. The van der Waals surface area contributed by atoms with E-state index in [1.54, 1.807) is 6.92 Å². The van der Waals surface area contributed by atoms with Gasteiger partial charge in [-0.15, -0.1) is 0 Å². The van der Waals surface area contributed by atoms with Gasteiger partial charge >= 0.3 is 0 Å². The summed E-state index contributed by atoms with van der Waals surface area (Å²) in [4.78, 5) is 0. The zero-order valence-electron chi connectivity index (χ0n) is 10.7. The third-order valence-electron chi connectivity index (χ3n) is 3.09. The second-order valence-corrected chi connectivity index (χ2v) is 4.93. The van der Waals surface area contributed by atoms with Gasteiger partial charge in [0.2, 0.25) is 6.29 Å². The molecule has 1 saturated heterocycles. The van der Waals surface area contributed by atoms with Gasteiger partial charge in [0.25, 0.3) is 0 Å². The first-order chi connectivity index (χ1) is 9.45. The highest BCUT2D eigenvalue weighted by molar-refractivity contribution is 7.71. The van der Waals surface area contributed by atoms with Gasteiger partial charge in [-0.2, -0.15) is 0 Å². The molecule has 0 radical (unpaired) electrons. The fourth-order valence-corrected chi connectivity index (χ4v) is 2.17. The molecule has 0 amide bonds. The molecule has 0 bridgehead atoms. The van der Waals surface area contributed by atoms with Crippen LogP contribution in [-0.2, 0) is 4.74 Å². The Morgan fingerprint density at radius 1 is 1.25 bits per heavy atom. The lowest BCUT2D eigenvalue weighted by Crippen LogP contribution is -2.60. The van der Waals surface area contributed by atoms with Gasteiger partial charge in [0.05, 0.1) is 17.4 Å². The molecule has 0 unspecified atom stereocenters. The summed E-state index contributed by atoms with van der Waals surface area (Å²) in [6.45, 7) is 1.10. The van der Waals surface area contributed by atoms with E-state index in [-0.39, 0.29) is 5.75 Å². The Morgan fingerprint density at radius 3 is 2.55 bits per heavy atom. The molecule has 1 aliphatic rings. The van der Waals surface area contributed by atoms with Crippen LogP contribution in [0.3, 0.4) is 0 Å². The van der Waals surface area contributed by atoms with Gasteiger partial charge in [-0.25, -0.2) is 0 Å². The molecule has 1 aromatic rings. The number of rotatable bonds is 3. The van der Waals surface area contributed by atoms with E-state index in [1.165, 1.54) is 12.3 Å². The van der Waals surface area contributed by atoms with Gasteiger partial charge in [-0.1, -0.05) is 12.2 Å². The van der Waals surface area contributed by atoms with E-state index in [0.717, 1.165) is 0 Å². The third-order valence-corrected chi connectivity index (χ3v) is 3.41. The molecule has 20 heavy (non-hydrogen) atoms. The van der Waals surface area contributed by atoms with Crippen molar-refractivity contribution in [3.05, 3.63) is 22.6 Å². The summed E-state index contributed by atoms with van der Waals surface area (Å²) < 4.78 is 16.1. The molecule has 7 nitrogen and oxygen atoms in total. The molecule has 2 rings (SSSR count). The maximum Gasteiger partial charge on any atom is 0.229 e. The molecule has 1 aliphatic heterocycles. The van der Waals surface area contributed by atoms with E-state index in [2.05, 4.69) is 0 Å². The molecule has 0 aliphatic carbocycles. The normalized spacial score (nSPS) is 34.0. The van der Waals surface area contributed by atoms with Crippen molar-refractivity contribution >= 4 is 12.2 Å². The first-order valence-corrected chi connectivity index (χ1v) is 6.42. The van der Waals surface area contributed by atoms with Crippen LogP contribution in [0.5, 0.6) is 5.75 Å². The van der Waals surface area contributed by atoms with E-state index in [4.69, 9.17) is 31.2 Å². The zero-order chi connectivity index (χ0) is 14.9. The molecule has 0 spiro atoms. The molecular weight excluding hydrogens is 288 g/mol. The van der Waals surface area contributed by atoms with Crippen molar-refractivity contribution in [1.82, 2.24) is 0 Å². The Balaban J connectivity index is 2.22. The fourth-order valence-electron chi connectivity index (χ4n) is 1.92. The summed E-state index contributed by atoms with van der Waals surface area (Å²) in [5.74, 6) is 0.585. The second kappa shape index (κ2) is 6.17. The first-order valence-electron chi connectivity index (χ1n) is 6.01. The molecule has 1 aromatic heterocycles. The quantitative estimate of drug-likeness (QED) is 0.553. The van der Waals surface area contributed by atoms with Crippen molar-refractivity contribution in [1.29, 1.82) is 0 Å². The van der Waals surface area contributed by atoms with Crippen LogP contribution in [0.1, 0.15) is 5.76 Å². The van der Waals surface area contributed by atoms with Crippen molar-refractivity contribution in [2.75, 3.05) is 6.61 Å². The molecule has 8 heteroatoms. The first kappa shape index (κ1) is 15.4. The lowest BCUT2D eigenvalue weighted by molar-refractivity contribution is -0.277. The van der Waals surface area contributed by atoms with Gasteiger partial charge in [0, 0.05) is 0 Å².